The third-order valence-corrected chi connectivity index (χ3v) is 5.46. The number of carboxylic acid groups (broad SMARTS) is 1. The minimum Gasteiger partial charge on any atom is -0.478 e. The van der Waals surface area contributed by atoms with Crippen LogP contribution in [0.4, 0.5) is 0 Å². The number of carbonyl (C=O) groups is 1. The van der Waals surface area contributed by atoms with Gasteiger partial charge in [0.25, 0.3) is 0 Å². The molecule has 1 aromatic carbocycles. The summed E-state index contributed by atoms with van der Waals surface area (Å²) in [5, 5.41) is 9.15. The molecule has 1 aromatic rings. The summed E-state index contributed by atoms with van der Waals surface area (Å²) in [7, 11) is -3.75. The van der Waals surface area contributed by atoms with E-state index >= 15 is 0 Å². The number of hydrogen-bond donors (Lipinski definition) is 1. The molecule has 2 atom stereocenters. The van der Waals surface area contributed by atoms with Crippen LogP contribution >= 0.6 is 0 Å². The maximum Gasteiger partial charge on any atom is 0.337 e. The Labute approximate surface area is 119 Å². The minimum absolute atomic E-state index is 0.117. The molecule has 2 unspecified atom stereocenters. The van der Waals surface area contributed by atoms with Gasteiger partial charge in [0.15, 0.2) is 0 Å². The Morgan fingerprint density at radius 3 is 2.30 bits per heavy atom. The molecule has 5 nitrogen and oxygen atoms in total. The van der Waals surface area contributed by atoms with Crippen molar-refractivity contribution in [1.29, 1.82) is 0 Å². The minimum atomic E-state index is -3.75. The summed E-state index contributed by atoms with van der Waals surface area (Å²) in [4.78, 5) is 11.1. The normalized spacial score (nSPS) is 24.5. The summed E-state index contributed by atoms with van der Waals surface area (Å²) in [6.07, 6.45) is 0.993. The zero-order valence-electron chi connectivity index (χ0n) is 11.6. The number of benzene rings is 1. The first-order chi connectivity index (χ1) is 9.32. The number of hydrogen-bond acceptors (Lipinski definition) is 3. The quantitative estimate of drug-likeness (QED) is 0.926. The molecule has 1 N–H and O–H groups in total. The van der Waals surface area contributed by atoms with Crippen molar-refractivity contribution in [2.75, 3.05) is 13.1 Å². The molecular weight excluding hydrogens is 278 g/mol. The molecule has 1 aliphatic rings. The van der Waals surface area contributed by atoms with Gasteiger partial charge in [-0.15, -0.1) is 0 Å². The second-order valence-corrected chi connectivity index (χ2v) is 7.48. The first kappa shape index (κ1) is 15.0. The summed E-state index contributed by atoms with van der Waals surface area (Å²) in [6.45, 7) is 4.92. The van der Waals surface area contributed by atoms with Crippen LogP contribution in [0.3, 0.4) is 0 Å². The predicted octanol–water partition coefficient (Wildman–Crippen LogP) is 2.05. The molecule has 0 amide bonds. The van der Waals surface area contributed by atoms with Crippen LogP contribution in [0.25, 0.3) is 0 Å². The molecule has 0 radical (unpaired) electrons. The molecule has 0 bridgehead atoms. The second kappa shape index (κ2) is 5.54. The zero-order valence-corrected chi connectivity index (χ0v) is 12.4. The van der Waals surface area contributed by atoms with Crippen LogP contribution in [0.15, 0.2) is 29.2 Å². The maximum atomic E-state index is 12.7. The van der Waals surface area contributed by atoms with Gasteiger partial charge in [0.1, 0.15) is 0 Å². The molecule has 6 heteroatoms. The van der Waals surface area contributed by atoms with Gasteiger partial charge >= 0.3 is 5.97 Å². The van der Waals surface area contributed by atoms with E-state index in [1.54, 1.807) is 6.07 Å². The van der Waals surface area contributed by atoms with Crippen LogP contribution < -0.4 is 0 Å². The molecule has 20 heavy (non-hydrogen) atoms. The Balaban J connectivity index is 2.43. The fourth-order valence-electron chi connectivity index (χ4n) is 2.81. The molecule has 2 rings (SSSR count). The molecule has 1 saturated heterocycles. The van der Waals surface area contributed by atoms with E-state index in [9.17, 15) is 13.2 Å². The van der Waals surface area contributed by atoms with Crippen molar-refractivity contribution in [3.05, 3.63) is 29.8 Å². The zero-order chi connectivity index (χ0) is 14.9. The maximum absolute atomic E-state index is 12.7. The Hall–Kier alpha value is -1.40. The van der Waals surface area contributed by atoms with Gasteiger partial charge in [-0.05, 0) is 30.4 Å². The molecule has 110 valence electrons. The highest BCUT2D eigenvalue weighted by molar-refractivity contribution is 7.89. The molecular formula is C14H19NO4S. The second-order valence-electron chi connectivity index (χ2n) is 5.57. The molecule has 0 aliphatic carbocycles. The van der Waals surface area contributed by atoms with E-state index in [-0.39, 0.29) is 22.3 Å². The van der Waals surface area contributed by atoms with Gasteiger partial charge in [-0.1, -0.05) is 26.0 Å². The molecule has 0 saturated carbocycles. The highest BCUT2D eigenvalue weighted by atomic mass is 32.2. The van der Waals surface area contributed by atoms with E-state index in [2.05, 4.69) is 0 Å². The lowest BCUT2D eigenvalue weighted by molar-refractivity contribution is 0.0692. The molecule has 0 aromatic heterocycles. The highest BCUT2D eigenvalue weighted by Crippen LogP contribution is 2.28. The molecule has 1 fully saturated rings. The highest BCUT2D eigenvalue weighted by Gasteiger charge is 2.33. The SMILES string of the molecule is CC1CC(C)CN(S(=O)(=O)c2ccccc2C(=O)O)C1. The average Bonchev–Trinajstić information content (AvgIpc) is 2.37. The van der Waals surface area contributed by atoms with Gasteiger partial charge in [-0.25, -0.2) is 13.2 Å². The Kier molecular flexibility index (Phi) is 4.15. The van der Waals surface area contributed by atoms with E-state index in [0.717, 1.165) is 6.42 Å². The smallest absolute Gasteiger partial charge is 0.337 e. The van der Waals surface area contributed by atoms with Gasteiger partial charge in [0.2, 0.25) is 10.0 Å². The van der Waals surface area contributed by atoms with Crippen LogP contribution in [0.1, 0.15) is 30.6 Å². The van der Waals surface area contributed by atoms with E-state index in [0.29, 0.717) is 13.1 Å². The number of sulfonamides is 1. The van der Waals surface area contributed by atoms with Crippen molar-refractivity contribution in [3.63, 3.8) is 0 Å². The lowest BCUT2D eigenvalue weighted by Gasteiger charge is -2.34. The number of aromatic carboxylic acids is 1. The number of piperidine rings is 1. The van der Waals surface area contributed by atoms with Crippen molar-refractivity contribution >= 4 is 16.0 Å². The fraction of sp³-hybridized carbons (Fsp3) is 0.500. The van der Waals surface area contributed by atoms with Gasteiger partial charge in [0.05, 0.1) is 10.5 Å². The van der Waals surface area contributed by atoms with Gasteiger partial charge in [-0.2, -0.15) is 4.31 Å². The summed E-state index contributed by atoms with van der Waals surface area (Å²) < 4.78 is 26.7. The third kappa shape index (κ3) is 2.86. The van der Waals surface area contributed by atoms with E-state index in [1.807, 2.05) is 13.8 Å². The summed E-state index contributed by atoms with van der Waals surface area (Å²) in [5.41, 5.74) is -0.168. The average molecular weight is 297 g/mol. The largest absolute Gasteiger partial charge is 0.478 e. The van der Waals surface area contributed by atoms with Crippen LogP contribution in [0.2, 0.25) is 0 Å². The first-order valence-corrected chi connectivity index (χ1v) is 8.09. The summed E-state index contributed by atoms with van der Waals surface area (Å²) >= 11 is 0. The monoisotopic (exact) mass is 297 g/mol. The van der Waals surface area contributed by atoms with Crippen molar-refractivity contribution in [2.24, 2.45) is 11.8 Å². The van der Waals surface area contributed by atoms with Crippen molar-refractivity contribution < 1.29 is 18.3 Å². The Morgan fingerprint density at radius 2 is 1.75 bits per heavy atom. The van der Waals surface area contributed by atoms with Crippen molar-refractivity contribution in [1.82, 2.24) is 4.31 Å². The molecule has 0 spiro atoms. The number of carboxylic acids is 1. The first-order valence-electron chi connectivity index (χ1n) is 6.65. The van der Waals surface area contributed by atoms with E-state index in [4.69, 9.17) is 5.11 Å². The molecule has 1 aliphatic heterocycles. The van der Waals surface area contributed by atoms with Gasteiger partial charge in [0, 0.05) is 13.1 Å². The molecule has 1 heterocycles. The topological polar surface area (TPSA) is 74.7 Å². The fourth-order valence-corrected chi connectivity index (χ4v) is 4.67. The Bertz CT molecular complexity index is 601. The summed E-state index contributed by atoms with van der Waals surface area (Å²) in [5.74, 6) is -0.654. The predicted molar refractivity (Wildman–Crippen MR) is 75.1 cm³/mol. The van der Waals surface area contributed by atoms with E-state index < -0.39 is 16.0 Å². The van der Waals surface area contributed by atoms with Crippen LogP contribution in [-0.2, 0) is 10.0 Å². The van der Waals surface area contributed by atoms with Gasteiger partial charge < -0.3 is 5.11 Å². The summed E-state index contributed by atoms with van der Waals surface area (Å²) in [6, 6.07) is 5.77. The van der Waals surface area contributed by atoms with Crippen LogP contribution in [0, 0.1) is 11.8 Å². The van der Waals surface area contributed by atoms with Crippen LogP contribution in [0.5, 0.6) is 0 Å². The van der Waals surface area contributed by atoms with Crippen molar-refractivity contribution in [3.8, 4) is 0 Å². The van der Waals surface area contributed by atoms with E-state index in [1.165, 1.54) is 22.5 Å². The number of rotatable bonds is 3. The lowest BCUT2D eigenvalue weighted by atomic mass is 9.94. The standard InChI is InChI=1S/C14H19NO4S/c1-10-7-11(2)9-15(8-10)20(18,19)13-6-4-3-5-12(13)14(16)17/h3-6,10-11H,7-9H2,1-2H3,(H,16,17). The third-order valence-electron chi connectivity index (χ3n) is 3.57. The number of nitrogens with zero attached hydrogens (tertiary/aromatic N) is 1. The Morgan fingerprint density at radius 1 is 1.20 bits per heavy atom. The van der Waals surface area contributed by atoms with Crippen molar-refractivity contribution in [2.45, 2.75) is 25.2 Å². The van der Waals surface area contributed by atoms with Crippen LogP contribution in [-0.4, -0.2) is 36.9 Å². The lowest BCUT2D eigenvalue weighted by Crippen LogP contribution is -2.42. The van der Waals surface area contributed by atoms with Gasteiger partial charge in [-0.3, -0.25) is 0 Å².